The quantitative estimate of drug-likeness (QED) is 0.750. The molecule has 1 aromatic carbocycles. The SMILES string of the molecule is COc1ccccc1S(=O)(=O)NCCN1CCN(C(=O)c2ccsc2)CC1. The number of carbonyl (C=O) groups is 1. The van der Waals surface area contributed by atoms with Gasteiger partial charge >= 0.3 is 0 Å². The van der Waals surface area contributed by atoms with Gasteiger partial charge in [-0.05, 0) is 23.6 Å². The zero-order valence-corrected chi connectivity index (χ0v) is 16.8. The molecule has 2 heterocycles. The van der Waals surface area contributed by atoms with Gasteiger partial charge < -0.3 is 9.64 Å². The van der Waals surface area contributed by atoms with Gasteiger partial charge in [0.25, 0.3) is 5.91 Å². The van der Waals surface area contributed by atoms with Crippen molar-refractivity contribution >= 4 is 27.3 Å². The van der Waals surface area contributed by atoms with E-state index < -0.39 is 10.0 Å². The first kappa shape index (κ1) is 19.8. The third kappa shape index (κ3) is 4.86. The maximum absolute atomic E-state index is 12.5. The third-order valence-electron chi connectivity index (χ3n) is 4.51. The molecule has 146 valence electrons. The summed E-state index contributed by atoms with van der Waals surface area (Å²) in [4.78, 5) is 16.5. The van der Waals surface area contributed by atoms with Crippen molar-refractivity contribution in [3.63, 3.8) is 0 Å². The molecule has 0 saturated carbocycles. The van der Waals surface area contributed by atoms with E-state index in [1.54, 1.807) is 18.2 Å². The van der Waals surface area contributed by atoms with Crippen molar-refractivity contribution in [2.24, 2.45) is 0 Å². The summed E-state index contributed by atoms with van der Waals surface area (Å²) >= 11 is 1.51. The normalized spacial score (nSPS) is 15.7. The minimum Gasteiger partial charge on any atom is -0.495 e. The van der Waals surface area contributed by atoms with Crippen LogP contribution in [0.2, 0.25) is 0 Å². The van der Waals surface area contributed by atoms with Gasteiger partial charge in [0.2, 0.25) is 10.0 Å². The topological polar surface area (TPSA) is 79.0 Å². The number of amides is 1. The number of rotatable bonds is 7. The number of benzene rings is 1. The van der Waals surface area contributed by atoms with Gasteiger partial charge in [-0.15, -0.1) is 0 Å². The lowest BCUT2D eigenvalue weighted by atomic mass is 10.2. The number of ether oxygens (including phenoxy) is 1. The maximum atomic E-state index is 12.5. The summed E-state index contributed by atoms with van der Waals surface area (Å²) in [7, 11) is -2.17. The molecule has 1 fully saturated rings. The molecule has 1 aliphatic heterocycles. The van der Waals surface area contributed by atoms with Gasteiger partial charge in [0, 0.05) is 44.6 Å². The van der Waals surface area contributed by atoms with Crippen LogP contribution >= 0.6 is 11.3 Å². The highest BCUT2D eigenvalue weighted by Crippen LogP contribution is 2.22. The first-order valence-corrected chi connectivity index (χ1v) is 11.1. The van der Waals surface area contributed by atoms with Gasteiger partial charge in [-0.2, -0.15) is 11.3 Å². The number of nitrogens with zero attached hydrogens (tertiary/aromatic N) is 2. The van der Waals surface area contributed by atoms with Crippen LogP contribution in [0.1, 0.15) is 10.4 Å². The van der Waals surface area contributed by atoms with E-state index in [1.165, 1.54) is 24.5 Å². The van der Waals surface area contributed by atoms with E-state index in [4.69, 9.17) is 4.74 Å². The van der Waals surface area contributed by atoms with Crippen LogP contribution in [0.3, 0.4) is 0 Å². The number of carbonyl (C=O) groups excluding carboxylic acids is 1. The van der Waals surface area contributed by atoms with Crippen LogP contribution < -0.4 is 9.46 Å². The summed E-state index contributed by atoms with van der Waals surface area (Å²) in [5.74, 6) is 0.387. The summed E-state index contributed by atoms with van der Waals surface area (Å²) in [5, 5.41) is 3.76. The second-order valence-electron chi connectivity index (χ2n) is 6.19. The standard InChI is InChI=1S/C18H23N3O4S2/c1-25-16-4-2-3-5-17(16)27(23,24)19-7-8-20-9-11-21(12-10-20)18(22)15-6-13-26-14-15/h2-6,13-14,19H,7-12H2,1H3. The number of hydrogen-bond donors (Lipinski definition) is 1. The second-order valence-corrected chi connectivity index (χ2v) is 8.71. The van der Waals surface area contributed by atoms with Crippen LogP contribution in [0.15, 0.2) is 46.0 Å². The Labute approximate surface area is 163 Å². The number of para-hydroxylation sites is 1. The Morgan fingerprint density at radius 2 is 1.93 bits per heavy atom. The highest BCUT2D eigenvalue weighted by molar-refractivity contribution is 7.89. The molecule has 3 rings (SSSR count). The monoisotopic (exact) mass is 409 g/mol. The minimum atomic E-state index is -3.62. The molecule has 0 bridgehead atoms. The molecule has 7 nitrogen and oxygen atoms in total. The molecule has 1 N–H and O–H groups in total. The third-order valence-corrected chi connectivity index (χ3v) is 6.69. The van der Waals surface area contributed by atoms with Crippen LogP contribution in [0.5, 0.6) is 5.75 Å². The van der Waals surface area contributed by atoms with Crippen LogP contribution in [-0.4, -0.2) is 70.5 Å². The molecule has 0 aliphatic carbocycles. The predicted octanol–water partition coefficient (Wildman–Crippen LogP) is 1.49. The van der Waals surface area contributed by atoms with Crippen LogP contribution in [0, 0.1) is 0 Å². The lowest BCUT2D eigenvalue weighted by molar-refractivity contribution is 0.0640. The van der Waals surface area contributed by atoms with E-state index in [0.29, 0.717) is 31.9 Å². The summed E-state index contributed by atoms with van der Waals surface area (Å²) in [5.41, 5.74) is 0.734. The van der Waals surface area contributed by atoms with Gasteiger partial charge in [-0.3, -0.25) is 9.69 Å². The molecule has 0 radical (unpaired) electrons. The number of nitrogens with one attached hydrogen (secondary N) is 1. The number of thiophene rings is 1. The summed E-state index contributed by atoms with van der Waals surface area (Å²) < 4.78 is 32.7. The fourth-order valence-corrected chi connectivity index (χ4v) is 4.82. The highest BCUT2D eigenvalue weighted by Gasteiger charge is 2.23. The average molecular weight is 410 g/mol. The number of methoxy groups -OCH3 is 1. The smallest absolute Gasteiger partial charge is 0.254 e. The van der Waals surface area contributed by atoms with Gasteiger partial charge in [0.1, 0.15) is 10.6 Å². The summed E-state index contributed by atoms with van der Waals surface area (Å²) in [6, 6.07) is 8.38. The number of sulfonamides is 1. The Morgan fingerprint density at radius 3 is 2.59 bits per heavy atom. The van der Waals surface area contributed by atoms with E-state index in [2.05, 4.69) is 9.62 Å². The molecule has 0 spiro atoms. The van der Waals surface area contributed by atoms with Crippen LogP contribution in [0.25, 0.3) is 0 Å². The van der Waals surface area contributed by atoms with Crippen molar-refractivity contribution in [1.82, 2.24) is 14.5 Å². The van der Waals surface area contributed by atoms with Crippen molar-refractivity contribution < 1.29 is 17.9 Å². The molecule has 2 aromatic rings. The van der Waals surface area contributed by atoms with E-state index in [9.17, 15) is 13.2 Å². The molecule has 0 unspecified atom stereocenters. The zero-order valence-electron chi connectivity index (χ0n) is 15.1. The molecular formula is C18H23N3O4S2. The molecule has 9 heteroatoms. The van der Waals surface area contributed by atoms with Crippen LogP contribution in [-0.2, 0) is 10.0 Å². The Morgan fingerprint density at radius 1 is 1.19 bits per heavy atom. The first-order chi connectivity index (χ1) is 13.0. The molecule has 0 atom stereocenters. The molecule has 1 aromatic heterocycles. The van der Waals surface area contributed by atoms with Crippen molar-refractivity contribution in [1.29, 1.82) is 0 Å². The zero-order chi connectivity index (χ0) is 19.3. The minimum absolute atomic E-state index is 0.0628. The number of hydrogen-bond acceptors (Lipinski definition) is 6. The fraction of sp³-hybridized carbons (Fsp3) is 0.389. The molecular weight excluding hydrogens is 386 g/mol. The summed E-state index contributed by atoms with van der Waals surface area (Å²) in [6.07, 6.45) is 0. The Balaban J connectivity index is 1.47. The molecule has 1 amide bonds. The Kier molecular flexibility index (Phi) is 6.48. The maximum Gasteiger partial charge on any atom is 0.254 e. The molecule has 27 heavy (non-hydrogen) atoms. The van der Waals surface area contributed by atoms with E-state index in [0.717, 1.165) is 18.7 Å². The van der Waals surface area contributed by atoms with E-state index in [-0.39, 0.29) is 10.8 Å². The van der Waals surface area contributed by atoms with Crippen molar-refractivity contribution in [2.45, 2.75) is 4.90 Å². The Bertz CT molecular complexity index is 860. The van der Waals surface area contributed by atoms with Gasteiger partial charge in [-0.25, -0.2) is 13.1 Å². The molecule has 1 saturated heterocycles. The van der Waals surface area contributed by atoms with Crippen LogP contribution in [0.4, 0.5) is 0 Å². The average Bonchev–Trinajstić information content (AvgIpc) is 3.22. The number of piperazine rings is 1. The van der Waals surface area contributed by atoms with E-state index >= 15 is 0 Å². The van der Waals surface area contributed by atoms with Crippen molar-refractivity contribution in [3.05, 3.63) is 46.7 Å². The second kappa shape index (κ2) is 8.83. The predicted molar refractivity (Wildman–Crippen MR) is 105 cm³/mol. The Hall–Kier alpha value is -1.94. The largest absolute Gasteiger partial charge is 0.495 e. The lowest BCUT2D eigenvalue weighted by Gasteiger charge is -2.34. The lowest BCUT2D eigenvalue weighted by Crippen LogP contribution is -2.50. The first-order valence-electron chi connectivity index (χ1n) is 8.68. The van der Waals surface area contributed by atoms with Crippen molar-refractivity contribution in [2.75, 3.05) is 46.4 Å². The van der Waals surface area contributed by atoms with Gasteiger partial charge in [-0.1, -0.05) is 12.1 Å². The van der Waals surface area contributed by atoms with Gasteiger partial charge in [0.05, 0.1) is 12.7 Å². The highest BCUT2D eigenvalue weighted by atomic mass is 32.2. The summed E-state index contributed by atoms with van der Waals surface area (Å²) in [6.45, 7) is 3.65. The molecule has 1 aliphatic rings. The fourth-order valence-electron chi connectivity index (χ4n) is 3.00. The van der Waals surface area contributed by atoms with Crippen molar-refractivity contribution in [3.8, 4) is 5.75 Å². The van der Waals surface area contributed by atoms with E-state index in [1.807, 2.05) is 21.7 Å². The van der Waals surface area contributed by atoms with Gasteiger partial charge in [0.15, 0.2) is 0 Å².